The topological polar surface area (TPSA) is 90.9 Å². The molecule has 0 bridgehead atoms. The summed E-state index contributed by atoms with van der Waals surface area (Å²) in [5, 5.41) is 8.16. The molecule has 0 aliphatic rings. The van der Waals surface area contributed by atoms with E-state index in [0.717, 1.165) is 16.7 Å². The molecule has 0 saturated heterocycles. The van der Waals surface area contributed by atoms with Gasteiger partial charge in [-0.1, -0.05) is 82.3 Å². The van der Waals surface area contributed by atoms with Crippen LogP contribution >= 0.6 is 0 Å². The second kappa shape index (κ2) is 8.70. The lowest BCUT2D eigenvalue weighted by molar-refractivity contribution is 0.550. The van der Waals surface area contributed by atoms with Crippen LogP contribution in [-0.4, -0.2) is 23.2 Å². The molecule has 0 saturated carbocycles. The Morgan fingerprint density at radius 1 is 0.967 bits per heavy atom. The number of rotatable bonds is 7. The summed E-state index contributed by atoms with van der Waals surface area (Å²) in [6.07, 6.45) is 0.640. The fraction of sp³-hybridized carbons (Fsp3) is 0.391. The minimum absolute atomic E-state index is 0.0124. The first kappa shape index (κ1) is 22.2. The van der Waals surface area contributed by atoms with E-state index in [9.17, 15) is 8.42 Å². The summed E-state index contributed by atoms with van der Waals surface area (Å²) in [6, 6.07) is 17.0. The summed E-state index contributed by atoms with van der Waals surface area (Å²) in [6.45, 7) is 8.68. The largest absolute Gasteiger partial charge is 0.321 e. The summed E-state index contributed by atoms with van der Waals surface area (Å²) in [5.41, 5.74) is 9.06. The SMILES string of the molecule is CCC(N)c1nnc(S(=O)(=O)Cc2ccc(C(C)(C)C)cc2)n1Cc1ccccc1. The van der Waals surface area contributed by atoms with Gasteiger partial charge in [-0.15, -0.1) is 10.2 Å². The van der Waals surface area contributed by atoms with E-state index in [4.69, 9.17) is 5.73 Å². The average molecular weight is 427 g/mol. The molecule has 0 aliphatic heterocycles. The third-order valence-electron chi connectivity index (χ3n) is 5.16. The molecule has 1 unspecified atom stereocenters. The summed E-state index contributed by atoms with van der Waals surface area (Å²) >= 11 is 0. The van der Waals surface area contributed by atoms with Crippen LogP contribution in [-0.2, 0) is 27.5 Å². The summed E-state index contributed by atoms with van der Waals surface area (Å²) in [7, 11) is -3.70. The van der Waals surface area contributed by atoms with Gasteiger partial charge in [0.1, 0.15) is 0 Å². The molecule has 0 amide bonds. The average Bonchev–Trinajstić information content (AvgIpc) is 3.12. The van der Waals surface area contributed by atoms with Gasteiger partial charge in [0.2, 0.25) is 15.0 Å². The number of hydrogen-bond donors (Lipinski definition) is 1. The number of sulfone groups is 1. The number of hydrogen-bond acceptors (Lipinski definition) is 5. The predicted octanol–water partition coefficient (Wildman–Crippen LogP) is 4.01. The van der Waals surface area contributed by atoms with Gasteiger partial charge in [0.25, 0.3) is 0 Å². The van der Waals surface area contributed by atoms with Crippen molar-refractivity contribution in [2.24, 2.45) is 5.73 Å². The predicted molar refractivity (Wildman–Crippen MR) is 119 cm³/mol. The lowest BCUT2D eigenvalue weighted by atomic mass is 9.87. The van der Waals surface area contributed by atoms with Gasteiger partial charge in [-0.2, -0.15) is 0 Å². The molecule has 1 aromatic heterocycles. The molecule has 7 heteroatoms. The van der Waals surface area contributed by atoms with Crippen LogP contribution < -0.4 is 5.73 Å². The third-order valence-corrected chi connectivity index (χ3v) is 6.73. The highest BCUT2D eigenvalue weighted by Gasteiger charge is 2.27. The maximum absolute atomic E-state index is 13.3. The van der Waals surface area contributed by atoms with Crippen LogP contribution in [0, 0.1) is 0 Å². The Morgan fingerprint density at radius 3 is 2.17 bits per heavy atom. The van der Waals surface area contributed by atoms with E-state index in [1.165, 1.54) is 0 Å². The number of benzene rings is 2. The summed E-state index contributed by atoms with van der Waals surface area (Å²) < 4.78 is 28.2. The fourth-order valence-corrected chi connectivity index (χ4v) is 4.71. The van der Waals surface area contributed by atoms with Crippen molar-refractivity contribution in [1.29, 1.82) is 0 Å². The standard InChI is InChI=1S/C23H30N4O2S/c1-5-20(24)21-25-26-22(27(21)15-17-9-7-6-8-10-17)30(28,29)16-18-11-13-19(14-12-18)23(2,3)4/h6-14,20H,5,15-16,24H2,1-4H3. The van der Waals surface area contributed by atoms with Crippen LogP contribution in [0.2, 0.25) is 0 Å². The lowest BCUT2D eigenvalue weighted by Crippen LogP contribution is -2.20. The summed E-state index contributed by atoms with van der Waals surface area (Å²) in [5.74, 6) is 0.356. The quantitative estimate of drug-likeness (QED) is 0.616. The first-order valence-corrected chi connectivity index (χ1v) is 11.8. The van der Waals surface area contributed by atoms with E-state index in [0.29, 0.717) is 18.8 Å². The van der Waals surface area contributed by atoms with Crippen LogP contribution in [0.5, 0.6) is 0 Å². The molecule has 0 fully saturated rings. The van der Waals surface area contributed by atoms with Gasteiger partial charge in [0.15, 0.2) is 5.82 Å². The zero-order valence-corrected chi connectivity index (χ0v) is 18.9. The molecule has 6 nitrogen and oxygen atoms in total. The highest BCUT2D eigenvalue weighted by Crippen LogP contribution is 2.25. The van der Waals surface area contributed by atoms with Crippen molar-refractivity contribution in [3.05, 3.63) is 77.1 Å². The second-order valence-corrected chi connectivity index (χ2v) is 10.5. The fourth-order valence-electron chi connectivity index (χ4n) is 3.29. The zero-order chi connectivity index (χ0) is 21.9. The van der Waals surface area contributed by atoms with Crippen molar-refractivity contribution in [3.8, 4) is 0 Å². The molecular weight excluding hydrogens is 396 g/mol. The van der Waals surface area contributed by atoms with Gasteiger partial charge in [-0.05, 0) is 28.5 Å². The van der Waals surface area contributed by atoms with Gasteiger partial charge in [-0.3, -0.25) is 4.57 Å². The molecule has 30 heavy (non-hydrogen) atoms. The van der Waals surface area contributed by atoms with E-state index < -0.39 is 9.84 Å². The van der Waals surface area contributed by atoms with E-state index >= 15 is 0 Å². The molecule has 1 atom stereocenters. The van der Waals surface area contributed by atoms with Crippen molar-refractivity contribution < 1.29 is 8.42 Å². The third kappa shape index (κ3) is 4.96. The van der Waals surface area contributed by atoms with Gasteiger partial charge in [0.05, 0.1) is 18.3 Å². The normalized spacial score (nSPS) is 13.4. The minimum Gasteiger partial charge on any atom is -0.321 e. The van der Waals surface area contributed by atoms with Crippen LogP contribution in [0.4, 0.5) is 0 Å². The molecule has 3 rings (SSSR count). The number of nitrogens with zero attached hydrogens (tertiary/aromatic N) is 3. The second-order valence-electron chi connectivity index (χ2n) is 8.63. The van der Waals surface area contributed by atoms with Crippen molar-refractivity contribution >= 4 is 9.84 Å². The Balaban J connectivity index is 1.96. The maximum atomic E-state index is 13.3. The molecule has 2 N–H and O–H groups in total. The molecule has 3 aromatic rings. The van der Waals surface area contributed by atoms with E-state index in [2.05, 4.69) is 31.0 Å². The van der Waals surface area contributed by atoms with Crippen molar-refractivity contribution in [1.82, 2.24) is 14.8 Å². The Bertz CT molecular complexity index is 1080. The lowest BCUT2D eigenvalue weighted by Gasteiger charge is -2.19. The molecule has 1 heterocycles. The first-order valence-electron chi connectivity index (χ1n) is 10.2. The Hall–Kier alpha value is -2.51. The monoisotopic (exact) mass is 426 g/mol. The van der Waals surface area contributed by atoms with E-state index in [-0.39, 0.29) is 22.4 Å². The zero-order valence-electron chi connectivity index (χ0n) is 18.0. The van der Waals surface area contributed by atoms with Crippen molar-refractivity contribution in [2.75, 3.05) is 0 Å². The molecule has 0 aliphatic carbocycles. The van der Waals surface area contributed by atoms with Crippen LogP contribution in [0.3, 0.4) is 0 Å². The molecule has 0 radical (unpaired) electrons. The maximum Gasteiger partial charge on any atom is 0.250 e. The van der Waals surface area contributed by atoms with Crippen LogP contribution in [0.15, 0.2) is 59.8 Å². The van der Waals surface area contributed by atoms with E-state index in [1.807, 2.05) is 61.5 Å². The molecule has 2 aromatic carbocycles. The van der Waals surface area contributed by atoms with Crippen molar-refractivity contribution in [2.45, 2.75) is 63.0 Å². The van der Waals surface area contributed by atoms with E-state index in [1.54, 1.807) is 4.57 Å². The van der Waals surface area contributed by atoms with Gasteiger partial charge in [0, 0.05) is 0 Å². The number of nitrogens with two attached hydrogens (primary N) is 1. The Kier molecular flexibility index (Phi) is 6.43. The Morgan fingerprint density at radius 2 is 1.60 bits per heavy atom. The highest BCUT2D eigenvalue weighted by molar-refractivity contribution is 7.90. The smallest absolute Gasteiger partial charge is 0.250 e. The van der Waals surface area contributed by atoms with Crippen LogP contribution in [0.1, 0.15) is 62.7 Å². The number of aromatic nitrogens is 3. The molecule has 0 spiro atoms. The molecular formula is C23H30N4O2S. The molecule has 160 valence electrons. The minimum atomic E-state index is -3.70. The van der Waals surface area contributed by atoms with Gasteiger partial charge >= 0.3 is 0 Å². The first-order chi connectivity index (χ1) is 14.1. The van der Waals surface area contributed by atoms with Gasteiger partial charge < -0.3 is 5.73 Å². The highest BCUT2D eigenvalue weighted by atomic mass is 32.2. The van der Waals surface area contributed by atoms with Gasteiger partial charge in [-0.25, -0.2) is 8.42 Å². The summed E-state index contributed by atoms with van der Waals surface area (Å²) in [4.78, 5) is 0. The van der Waals surface area contributed by atoms with Crippen molar-refractivity contribution in [3.63, 3.8) is 0 Å². The Labute approximate surface area is 179 Å². The van der Waals surface area contributed by atoms with Crippen LogP contribution in [0.25, 0.3) is 0 Å².